The number of fused-ring (bicyclic) bond motifs is 3. The zero-order valence-electron chi connectivity index (χ0n) is 17.6. The smallest absolute Gasteiger partial charge is 0.354 e. The van der Waals surface area contributed by atoms with E-state index in [-0.39, 0.29) is 10.8 Å². The van der Waals surface area contributed by atoms with Crippen LogP contribution in [0.5, 0.6) is 5.88 Å². The molecular formula is C21H28N6O3S. The molecule has 4 N–H and O–H groups in total. The minimum absolute atomic E-state index is 0.161. The fourth-order valence-corrected chi connectivity index (χ4v) is 6.01. The second-order valence-electron chi connectivity index (χ2n) is 8.55. The SMILES string of the molecule is CNC[C@H]1COc2c(S(N)(=O)=NC(=O)Nc3c4c(cc5c3CCC5)CCC4)cnn2C1. The van der Waals surface area contributed by atoms with Crippen LogP contribution in [0.1, 0.15) is 35.1 Å². The van der Waals surface area contributed by atoms with E-state index in [1.54, 1.807) is 4.68 Å². The first-order valence-corrected chi connectivity index (χ1v) is 12.4. The normalized spacial score (nSPS) is 20.9. The van der Waals surface area contributed by atoms with Gasteiger partial charge in [0, 0.05) is 18.2 Å². The van der Waals surface area contributed by atoms with Gasteiger partial charge in [-0.3, -0.25) is 0 Å². The summed E-state index contributed by atoms with van der Waals surface area (Å²) in [6.07, 6.45) is 7.51. The van der Waals surface area contributed by atoms with Gasteiger partial charge in [-0.25, -0.2) is 18.8 Å². The molecule has 0 fully saturated rings. The molecule has 5 rings (SSSR count). The Morgan fingerprint density at radius 2 is 2.00 bits per heavy atom. The molecule has 2 aromatic rings. The van der Waals surface area contributed by atoms with Crippen LogP contribution in [0.25, 0.3) is 0 Å². The van der Waals surface area contributed by atoms with Crippen LogP contribution >= 0.6 is 0 Å². The number of urea groups is 1. The van der Waals surface area contributed by atoms with Crippen molar-refractivity contribution in [1.82, 2.24) is 15.1 Å². The highest BCUT2D eigenvalue weighted by molar-refractivity contribution is 7.91. The lowest BCUT2D eigenvalue weighted by Gasteiger charge is -2.24. The number of nitrogens with two attached hydrogens (primary N) is 1. The van der Waals surface area contributed by atoms with Crippen LogP contribution in [0.2, 0.25) is 0 Å². The van der Waals surface area contributed by atoms with E-state index in [4.69, 9.17) is 9.88 Å². The highest BCUT2D eigenvalue weighted by Gasteiger charge is 2.29. The van der Waals surface area contributed by atoms with Crippen molar-refractivity contribution in [2.75, 3.05) is 25.5 Å². The molecule has 1 aliphatic heterocycles. The number of amides is 2. The molecule has 31 heavy (non-hydrogen) atoms. The molecule has 2 atom stereocenters. The summed E-state index contributed by atoms with van der Waals surface area (Å²) in [5, 5.41) is 16.3. The lowest BCUT2D eigenvalue weighted by Crippen LogP contribution is -2.33. The molecule has 0 radical (unpaired) electrons. The van der Waals surface area contributed by atoms with E-state index in [1.807, 2.05) is 7.05 Å². The first-order valence-electron chi connectivity index (χ1n) is 10.8. The topological polar surface area (TPSA) is 124 Å². The van der Waals surface area contributed by atoms with E-state index in [0.717, 1.165) is 50.8 Å². The fourth-order valence-electron chi connectivity index (χ4n) is 5.01. The third-order valence-corrected chi connectivity index (χ3v) is 7.73. The second kappa shape index (κ2) is 7.92. The van der Waals surface area contributed by atoms with Crippen molar-refractivity contribution in [1.29, 1.82) is 0 Å². The van der Waals surface area contributed by atoms with Gasteiger partial charge >= 0.3 is 6.03 Å². The van der Waals surface area contributed by atoms with Gasteiger partial charge in [0.15, 0.2) is 9.92 Å². The number of carbonyl (C=O) groups is 1. The molecule has 0 saturated carbocycles. The standard InChI is InChI=1S/C21H28N6O3S/c1-23-9-13-11-27-20(30-12-13)18(10-24-27)31(22,29)26-21(28)25-19-16-6-2-4-14(16)8-15-5-3-7-17(15)19/h8,10,13,23H,2-7,9,11-12H2,1H3,(H3,22,25,26,28,29)/t13-,31?/m1/s1. The van der Waals surface area contributed by atoms with Gasteiger partial charge in [0.1, 0.15) is 4.90 Å². The van der Waals surface area contributed by atoms with Crippen LogP contribution in [0, 0.1) is 5.92 Å². The Labute approximate surface area is 182 Å². The molecular weight excluding hydrogens is 416 g/mol. The number of anilines is 1. The molecule has 2 aliphatic carbocycles. The molecule has 0 bridgehead atoms. The van der Waals surface area contributed by atoms with Gasteiger partial charge in [-0.15, -0.1) is 4.36 Å². The number of aryl methyl sites for hydroxylation is 2. The number of rotatable bonds is 4. The number of benzene rings is 1. The van der Waals surface area contributed by atoms with Gasteiger partial charge in [0.2, 0.25) is 5.88 Å². The predicted molar refractivity (Wildman–Crippen MR) is 118 cm³/mol. The Morgan fingerprint density at radius 3 is 2.68 bits per heavy atom. The van der Waals surface area contributed by atoms with Crippen LogP contribution < -0.4 is 20.5 Å². The molecule has 9 nitrogen and oxygen atoms in total. The predicted octanol–water partition coefficient (Wildman–Crippen LogP) is 2.02. The van der Waals surface area contributed by atoms with E-state index in [1.165, 1.54) is 28.5 Å². The number of nitrogens with zero attached hydrogens (tertiary/aromatic N) is 3. The van der Waals surface area contributed by atoms with Gasteiger partial charge in [-0.1, -0.05) is 6.07 Å². The molecule has 2 heterocycles. The number of ether oxygens (including phenoxy) is 1. The van der Waals surface area contributed by atoms with Crippen molar-refractivity contribution in [3.05, 3.63) is 34.5 Å². The van der Waals surface area contributed by atoms with Crippen LogP contribution in [-0.2, 0) is 42.1 Å². The lowest BCUT2D eigenvalue weighted by molar-refractivity contribution is 0.159. The van der Waals surface area contributed by atoms with E-state index in [0.29, 0.717) is 19.0 Å². The van der Waals surface area contributed by atoms with Crippen molar-refractivity contribution in [2.24, 2.45) is 15.4 Å². The number of hydrogen-bond acceptors (Lipinski definition) is 5. The first kappa shape index (κ1) is 20.5. The summed E-state index contributed by atoms with van der Waals surface area (Å²) < 4.78 is 24.5. The number of carbonyl (C=O) groups excluding carboxylic acids is 1. The molecule has 1 unspecified atom stereocenters. The monoisotopic (exact) mass is 444 g/mol. The summed E-state index contributed by atoms with van der Waals surface area (Å²) in [4.78, 5) is 13.0. The van der Waals surface area contributed by atoms with Gasteiger partial charge in [-0.2, -0.15) is 5.10 Å². The van der Waals surface area contributed by atoms with Crippen LogP contribution in [0.4, 0.5) is 10.5 Å². The van der Waals surface area contributed by atoms with E-state index in [9.17, 15) is 9.00 Å². The summed E-state index contributed by atoms with van der Waals surface area (Å²) in [7, 11) is -1.62. The average Bonchev–Trinajstić information content (AvgIpc) is 3.46. The molecule has 0 spiro atoms. The first-order chi connectivity index (χ1) is 15.0. The maximum absolute atomic E-state index is 13.2. The zero-order chi connectivity index (χ0) is 21.6. The summed E-state index contributed by atoms with van der Waals surface area (Å²) in [6, 6.07) is 1.60. The van der Waals surface area contributed by atoms with E-state index < -0.39 is 15.9 Å². The molecule has 3 aliphatic rings. The van der Waals surface area contributed by atoms with E-state index >= 15 is 0 Å². The fraction of sp³-hybridized carbons (Fsp3) is 0.524. The van der Waals surface area contributed by atoms with E-state index in [2.05, 4.69) is 26.2 Å². The summed E-state index contributed by atoms with van der Waals surface area (Å²) in [5.74, 6) is 0.583. The van der Waals surface area contributed by atoms with Crippen molar-refractivity contribution in [3.8, 4) is 5.88 Å². The highest BCUT2D eigenvalue weighted by atomic mass is 32.2. The van der Waals surface area contributed by atoms with Crippen LogP contribution in [-0.4, -0.2) is 40.2 Å². The van der Waals surface area contributed by atoms with Crippen LogP contribution in [0.15, 0.2) is 21.5 Å². The Morgan fingerprint density at radius 1 is 1.29 bits per heavy atom. The van der Waals surface area contributed by atoms with Crippen molar-refractivity contribution in [3.63, 3.8) is 0 Å². The minimum atomic E-state index is -3.50. The number of hydrogen-bond donors (Lipinski definition) is 3. The summed E-state index contributed by atoms with van der Waals surface area (Å²) in [5.41, 5.74) is 5.85. The van der Waals surface area contributed by atoms with Gasteiger partial charge in [0.25, 0.3) is 0 Å². The van der Waals surface area contributed by atoms with Gasteiger partial charge in [-0.05, 0) is 67.8 Å². The largest absolute Gasteiger partial charge is 0.476 e. The Balaban J connectivity index is 1.42. The maximum atomic E-state index is 13.2. The third-order valence-electron chi connectivity index (χ3n) is 6.38. The molecule has 1 aromatic carbocycles. The highest BCUT2D eigenvalue weighted by Crippen LogP contribution is 2.38. The molecule has 2 amide bonds. The van der Waals surface area contributed by atoms with Crippen molar-refractivity contribution in [2.45, 2.75) is 50.0 Å². The number of nitrogens with one attached hydrogen (secondary N) is 2. The van der Waals surface area contributed by atoms with Crippen molar-refractivity contribution < 1.29 is 13.7 Å². The maximum Gasteiger partial charge on any atom is 0.354 e. The average molecular weight is 445 g/mol. The van der Waals surface area contributed by atoms with Crippen LogP contribution in [0.3, 0.4) is 0 Å². The lowest BCUT2D eigenvalue weighted by atomic mass is 9.99. The summed E-state index contributed by atoms with van der Waals surface area (Å²) in [6.45, 7) is 1.87. The Bertz CT molecular complexity index is 1130. The quantitative estimate of drug-likeness (QED) is 0.666. The van der Waals surface area contributed by atoms with Gasteiger partial charge < -0.3 is 15.4 Å². The zero-order valence-corrected chi connectivity index (χ0v) is 18.5. The molecule has 166 valence electrons. The van der Waals surface area contributed by atoms with Gasteiger partial charge in [0.05, 0.1) is 19.3 Å². The Hall–Kier alpha value is -2.43. The summed E-state index contributed by atoms with van der Waals surface area (Å²) >= 11 is 0. The third kappa shape index (κ3) is 3.72. The number of aromatic nitrogens is 2. The molecule has 1 aromatic heterocycles. The van der Waals surface area contributed by atoms with Crippen molar-refractivity contribution >= 4 is 21.6 Å². The molecule has 10 heteroatoms. The second-order valence-corrected chi connectivity index (χ2v) is 10.3. The minimum Gasteiger partial charge on any atom is -0.476 e. The Kier molecular flexibility index (Phi) is 5.23. The molecule has 0 saturated heterocycles.